The number of carbonyl (C=O) groups is 2. The second-order valence-corrected chi connectivity index (χ2v) is 7.34. The fourth-order valence-electron chi connectivity index (χ4n) is 4.44. The van der Waals surface area contributed by atoms with E-state index in [1.165, 1.54) is 16.5 Å². The van der Waals surface area contributed by atoms with E-state index in [0.29, 0.717) is 19.5 Å². The number of carbonyl (C=O) groups excluding carboxylic acids is 2. The molecule has 6 nitrogen and oxygen atoms in total. The minimum Gasteiger partial charge on any atom is -0.348 e. The van der Waals surface area contributed by atoms with Crippen LogP contribution in [0.15, 0.2) is 48.7 Å². The molecule has 1 unspecified atom stereocenters. The molecule has 0 spiro atoms. The Hall–Kier alpha value is -3.28. The lowest BCUT2D eigenvalue weighted by molar-refractivity contribution is -0.116. The Balaban J connectivity index is 1.61. The third-order valence-electron chi connectivity index (χ3n) is 5.81. The van der Waals surface area contributed by atoms with Crippen LogP contribution in [0.1, 0.15) is 30.4 Å². The molecule has 0 saturated carbocycles. The summed E-state index contributed by atoms with van der Waals surface area (Å²) >= 11 is 0. The number of hydrogen-bond donors (Lipinski definition) is 2. The first-order chi connectivity index (χ1) is 13.7. The van der Waals surface area contributed by atoms with Crippen molar-refractivity contribution in [2.75, 3.05) is 23.3 Å². The van der Waals surface area contributed by atoms with Crippen LogP contribution in [0.4, 0.5) is 16.2 Å². The number of urea groups is 1. The molecule has 3 heterocycles. The number of aryl methyl sites for hydroxylation is 1. The second kappa shape index (κ2) is 6.41. The number of anilines is 2. The Labute approximate surface area is 163 Å². The van der Waals surface area contributed by atoms with Crippen molar-refractivity contribution in [1.29, 1.82) is 0 Å². The standard InChI is InChI=1S/C22H22N4O2/c1-2-25-10-8-17-15(4-3-5-20(17)25)18-13-21(27)24-19-12-14(6-7-16(18)19)26-11-9-23-22(26)28/h3-8,10,12,18H,2,9,11,13H2,1H3,(H,23,28)(H,24,27). The molecule has 1 aromatic heterocycles. The molecule has 0 aliphatic carbocycles. The molecule has 2 N–H and O–H groups in total. The fraction of sp³-hybridized carbons (Fsp3) is 0.273. The Kier molecular flexibility index (Phi) is 3.86. The minimum absolute atomic E-state index is 0.00149. The molecule has 2 aliphatic rings. The lowest BCUT2D eigenvalue weighted by Gasteiger charge is -2.28. The molecule has 2 aliphatic heterocycles. The highest BCUT2D eigenvalue weighted by Gasteiger charge is 2.29. The van der Waals surface area contributed by atoms with Crippen LogP contribution < -0.4 is 15.5 Å². The zero-order chi connectivity index (χ0) is 19.3. The van der Waals surface area contributed by atoms with E-state index in [9.17, 15) is 9.59 Å². The van der Waals surface area contributed by atoms with E-state index in [4.69, 9.17) is 0 Å². The van der Waals surface area contributed by atoms with Crippen molar-refractivity contribution < 1.29 is 9.59 Å². The molecular weight excluding hydrogens is 352 g/mol. The van der Waals surface area contributed by atoms with Crippen LogP contribution in [0.3, 0.4) is 0 Å². The molecule has 0 bridgehead atoms. The van der Waals surface area contributed by atoms with Gasteiger partial charge < -0.3 is 15.2 Å². The van der Waals surface area contributed by atoms with Crippen LogP contribution >= 0.6 is 0 Å². The van der Waals surface area contributed by atoms with Crippen molar-refractivity contribution in [3.05, 3.63) is 59.8 Å². The first-order valence-corrected chi connectivity index (χ1v) is 9.72. The van der Waals surface area contributed by atoms with Crippen LogP contribution in [-0.2, 0) is 11.3 Å². The largest absolute Gasteiger partial charge is 0.348 e. The summed E-state index contributed by atoms with van der Waals surface area (Å²) in [6.07, 6.45) is 2.53. The van der Waals surface area contributed by atoms with Gasteiger partial charge in [-0.3, -0.25) is 9.69 Å². The highest BCUT2D eigenvalue weighted by Crippen LogP contribution is 2.41. The number of rotatable bonds is 3. The van der Waals surface area contributed by atoms with Crippen LogP contribution in [0.5, 0.6) is 0 Å². The molecular formula is C22H22N4O2. The number of aromatic nitrogens is 1. The van der Waals surface area contributed by atoms with Gasteiger partial charge in [0.1, 0.15) is 0 Å². The molecule has 142 valence electrons. The normalized spacial score (nSPS) is 18.9. The average Bonchev–Trinajstić information content (AvgIpc) is 3.32. The smallest absolute Gasteiger partial charge is 0.321 e. The molecule has 28 heavy (non-hydrogen) atoms. The summed E-state index contributed by atoms with van der Waals surface area (Å²) in [7, 11) is 0. The summed E-state index contributed by atoms with van der Waals surface area (Å²) in [5.41, 5.74) is 5.07. The van der Waals surface area contributed by atoms with E-state index in [1.807, 2.05) is 12.1 Å². The average molecular weight is 374 g/mol. The Morgan fingerprint density at radius 2 is 2.00 bits per heavy atom. The van der Waals surface area contributed by atoms with Crippen molar-refractivity contribution in [2.45, 2.75) is 25.8 Å². The quantitative estimate of drug-likeness (QED) is 0.735. The van der Waals surface area contributed by atoms with Crippen LogP contribution in [0.2, 0.25) is 0 Å². The fourth-order valence-corrected chi connectivity index (χ4v) is 4.44. The van der Waals surface area contributed by atoms with Gasteiger partial charge in [-0.1, -0.05) is 18.2 Å². The van der Waals surface area contributed by atoms with E-state index in [-0.39, 0.29) is 17.9 Å². The van der Waals surface area contributed by atoms with Crippen molar-refractivity contribution in [1.82, 2.24) is 9.88 Å². The van der Waals surface area contributed by atoms with E-state index < -0.39 is 0 Å². The van der Waals surface area contributed by atoms with Crippen molar-refractivity contribution >= 4 is 34.2 Å². The van der Waals surface area contributed by atoms with E-state index in [2.05, 4.69) is 58.7 Å². The van der Waals surface area contributed by atoms with Gasteiger partial charge in [0, 0.05) is 60.4 Å². The van der Waals surface area contributed by atoms with Gasteiger partial charge in [-0.25, -0.2) is 4.79 Å². The number of hydrogen-bond acceptors (Lipinski definition) is 2. The van der Waals surface area contributed by atoms with E-state index in [1.54, 1.807) is 4.90 Å². The summed E-state index contributed by atoms with van der Waals surface area (Å²) < 4.78 is 2.22. The van der Waals surface area contributed by atoms with Gasteiger partial charge in [0.15, 0.2) is 0 Å². The second-order valence-electron chi connectivity index (χ2n) is 7.34. The van der Waals surface area contributed by atoms with Crippen molar-refractivity contribution in [3.8, 4) is 0 Å². The molecule has 5 rings (SSSR count). The number of nitrogens with zero attached hydrogens (tertiary/aromatic N) is 2. The first-order valence-electron chi connectivity index (χ1n) is 9.72. The lowest BCUT2D eigenvalue weighted by Crippen LogP contribution is -2.28. The lowest BCUT2D eigenvalue weighted by atomic mass is 9.83. The van der Waals surface area contributed by atoms with Gasteiger partial charge in [-0.05, 0) is 42.3 Å². The van der Waals surface area contributed by atoms with E-state index in [0.717, 1.165) is 23.5 Å². The zero-order valence-corrected chi connectivity index (χ0v) is 15.7. The van der Waals surface area contributed by atoms with Crippen molar-refractivity contribution in [2.24, 2.45) is 0 Å². The van der Waals surface area contributed by atoms with Gasteiger partial charge in [-0.15, -0.1) is 0 Å². The molecule has 2 aromatic carbocycles. The number of fused-ring (bicyclic) bond motifs is 2. The number of nitrogens with one attached hydrogen (secondary N) is 2. The highest BCUT2D eigenvalue weighted by atomic mass is 16.2. The summed E-state index contributed by atoms with van der Waals surface area (Å²) in [4.78, 5) is 26.2. The maximum Gasteiger partial charge on any atom is 0.321 e. The van der Waals surface area contributed by atoms with Crippen LogP contribution in [0.25, 0.3) is 10.9 Å². The Morgan fingerprint density at radius 3 is 2.79 bits per heavy atom. The van der Waals surface area contributed by atoms with Gasteiger partial charge in [0.25, 0.3) is 0 Å². The molecule has 1 atom stereocenters. The molecule has 3 amide bonds. The summed E-state index contributed by atoms with van der Waals surface area (Å²) in [6.45, 7) is 4.32. The molecule has 1 fully saturated rings. The maximum absolute atomic E-state index is 12.5. The predicted molar refractivity (Wildman–Crippen MR) is 110 cm³/mol. The van der Waals surface area contributed by atoms with E-state index >= 15 is 0 Å². The van der Waals surface area contributed by atoms with Gasteiger partial charge in [0.05, 0.1) is 0 Å². The molecule has 6 heteroatoms. The summed E-state index contributed by atoms with van der Waals surface area (Å²) in [5, 5.41) is 7.01. The zero-order valence-electron chi connectivity index (χ0n) is 15.7. The third-order valence-corrected chi connectivity index (χ3v) is 5.81. The van der Waals surface area contributed by atoms with Crippen LogP contribution in [0, 0.1) is 0 Å². The summed E-state index contributed by atoms with van der Waals surface area (Å²) in [5.74, 6) is 0.00839. The minimum atomic E-state index is -0.0932. The Bertz CT molecular complexity index is 1100. The van der Waals surface area contributed by atoms with Crippen LogP contribution in [-0.4, -0.2) is 29.6 Å². The summed E-state index contributed by atoms with van der Waals surface area (Å²) in [6, 6.07) is 14.3. The maximum atomic E-state index is 12.5. The third kappa shape index (κ3) is 2.56. The van der Waals surface area contributed by atoms with Gasteiger partial charge in [-0.2, -0.15) is 0 Å². The van der Waals surface area contributed by atoms with Crippen molar-refractivity contribution in [3.63, 3.8) is 0 Å². The first kappa shape index (κ1) is 16.9. The monoisotopic (exact) mass is 374 g/mol. The van der Waals surface area contributed by atoms with Gasteiger partial charge >= 0.3 is 6.03 Å². The SMILES string of the molecule is CCn1ccc2c(C3CC(=O)Nc4cc(N5CCNC5=O)ccc43)cccc21. The highest BCUT2D eigenvalue weighted by molar-refractivity contribution is 5.99. The number of amides is 3. The molecule has 1 saturated heterocycles. The topological polar surface area (TPSA) is 66.4 Å². The predicted octanol–water partition coefficient (Wildman–Crippen LogP) is 3.66. The van der Waals surface area contributed by atoms with Gasteiger partial charge in [0.2, 0.25) is 5.91 Å². The Morgan fingerprint density at radius 1 is 1.11 bits per heavy atom. The number of benzene rings is 2. The molecule has 0 radical (unpaired) electrons. The molecule has 3 aromatic rings.